The number of nitrogens with one attached hydrogen (secondary N) is 1. The molecule has 3 aromatic rings. The normalized spacial score (nSPS) is 12.9. The number of rotatable bonds is 6. The number of hydrogen-bond acceptors (Lipinski definition) is 5. The highest BCUT2D eigenvalue weighted by Gasteiger charge is 2.27. The average Bonchev–Trinajstić information content (AvgIpc) is 3.28. The predicted molar refractivity (Wildman–Crippen MR) is 103 cm³/mol. The second kappa shape index (κ2) is 7.29. The summed E-state index contributed by atoms with van der Waals surface area (Å²) >= 11 is 3.07. The predicted octanol–water partition coefficient (Wildman–Crippen LogP) is 4.50. The molecule has 0 radical (unpaired) electrons. The molecular formula is C18H19NO3S3. The fraction of sp³-hybridized carbons (Fsp3) is 0.222. The van der Waals surface area contributed by atoms with Crippen molar-refractivity contribution in [1.29, 1.82) is 0 Å². The van der Waals surface area contributed by atoms with E-state index in [9.17, 15) is 8.42 Å². The third-order valence-electron chi connectivity index (χ3n) is 4.05. The molecule has 0 bridgehead atoms. The van der Waals surface area contributed by atoms with Gasteiger partial charge in [-0.3, -0.25) is 0 Å². The quantitative estimate of drug-likeness (QED) is 0.671. The van der Waals surface area contributed by atoms with Crippen molar-refractivity contribution in [3.63, 3.8) is 0 Å². The van der Waals surface area contributed by atoms with Crippen molar-refractivity contribution in [1.82, 2.24) is 4.72 Å². The summed E-state index contributed by atoms with van der Waals surface area (Å²) in [7, 11) is -2.27. The van der Waals surface area contributed by atoms with E-state index in [2.05, 4.69) is 4.72 Å². The molecule has 0 aliphatic carbocycles. The summed E-state index contributed by atoms with van der Waals surface area (Å²) < 4.78 is 34.3. The minimum atomic E-state index is -3.76. The van der Waals surface area contributed by atoms with E-state index < -0.39 is 16.1 Å². The molecule has 4 nitrogen and oxygen atoms in total. The Bertz CT molecular complexity index is 912. The van der Waals surface area contributed by atoms with Crippen molar-refractivity contribution in [3.8, 4) is 5.75 Å². The summed E-state index contributed by atoms with van der Waals surface area (Å²) in [6.07, 6.45) is 0. The van der Waals surface area contributed by atoms with Crippen LogP contribution in [0.4, 0.5) is 0 Å². The van der Waals surface area contributed by atoms with Gasteiger partial charge in [0.15, 0.2) is 0 Å². The summed E-state index contributed by atoms with van der Waals surface area (Å²) in [6, 6.07) is 8.80. The van der Waals surface area contributed by atoms with Gasteiger partial charge >= 0.3 is 0 Å². The van der Waals surface area contributed by atoms with Gasteiger partial charge in [-0.05, 0) is 70.9 Å². The van der Waals surface area contributed by atoms with E-state index in [0.29, 0.717) is 5.75 Å². The summed E-state index contributed by atoms with van der Waals surface area (Å²) in [4.78, 5) is 1.11. The van der Waals surface area contributed by atoms with Gasteiger partial charge in [0, 0.05) is 4.88 Å². The third-order valence-corrected chi connectivity index (χ3v) is 7.13. The van der Waals surface area contributed by atoms with E-state index in [4.69, 9.17) is 4.74 Å². The molecule has 1 aromatic carbocycles. The molecule has 0 spiro atoms. The summed E-state index contributed by atoms with van der Waals surface area (Å²) in [5, 5.41) is 5.85. The lowest BCUT2D eigenvalue weighted by Gasteiger charge is -2.19. The Balaban J connectivity index is 2.04. The highest BCUT2D eigenvalue weighted by Crippen LogP contribution is 2.32. The van der Waals surface area contributed by atoms with E-state index in [1.54, 1.807) is 23.5 Å². The molecule has 1 N–H and O–H groups in total. The monoisotopic (exact) mass is 393 g/mol. The van der Waals surface area contributed by atoms with Crippen LogP contribution in [-0.2, 0) is 10.0 Å². The van der Waals surface area contributed by atoms with Crippen molar-refractivity contribution in [3.05, 3.63) is 68.0 Å². The van der Waals surface area contributed by atoms with Gasteiger partial charge in [-0.2, -0.15) is 16.1 Å². The first-order valence-electron chi connectivity index (χ1n) is 7.65. The molecular weight excluding hydrogens is 374 g/mol. The number of aryl methyl sites for hydroxylation is 2. The third kappa shape index (κ3) is 3.79. The number of hydrogen-bond donors (Lipinski definition) is 1. The van der Waals surface area contributed by atoms with E-state index in [1.807, 2.05) is 48.2 Å². The Labute approximate surface area is 156 Å². The smallest absolute Gasteiger partial charge is 0.245 e. The Kier molecular flexibility index (Phi) is 5.29. The summed E-state index contributed by atoms with van der Waals surface area (Å²) in [5.74, 6) is 0.353. The maximum atomic E-state index is 13.1. The van der Waals surface area contributed by atoms with Gasteiger partial charge in [-0.1, -0.05) is 6.07 Å². The first kappa shape index (κ1) is 18.1. The molecule has 1 unspecified atom stereocenters. The number of methoxy groups -OCH3 is 1. The molecule has 3 rings (SSSR count). The molecule has 0 saturated carbocycles. The van der Waals surface area contributed by atoms with Gasteiger partial charge in [0.2, 0.25) is 10.0 Å². The van der Waals surface area contributed by atoms with Crippen LogP contribution >= 0.6 is 22.7 Å². The molecule has 2 aromatic heterocycles. The maximum Gasteiger partial charge on any atom is 0.245 e. The Morgan fingerprint density at radius 1 is 1.12 bits per heavy atom. The van der Waals surface area contributed by atoms with E-state index in [1.165, 1.54) is 18.4 Å². The SMILES string of the molecule is COc1cc(C)c(C)cc1S(=O)(=O)NC(c1ccsc1)c1cccs1. The van der Waals surface area contributed by atoms with Crippen LogP contribution in [0.1, 0.15) is 27.6 Å². The van der Waals surface area contributed by atoms with E-state index in [0.717, 1.165) is 21.6 Å². The minimum Gasteiger partial charge on any atom is -0.495 e. The highest BCUT2D eigenvalue weighted by atomic mass is 32.2. The lowest BCUT2D eigenvalue weighted by atomic mass is 10.1. The molecule has 7 heteroatoms. The molecule has 0 aliphatic rings. The topological polar surface area (TPSA) is 55.4 Å². The molecule has 1 atom stereocenters. The van der Waals surface area contributed by atoms with Crippen LogP contribution in [0.5, 0.6) is 5.75 Å². The zero-order chi connectivity index (χ0) is 18.0. The van der Waals surface area contributed by atoms with Crippen LogP contribution in [0.25, 0.3) is 0 Å². The molecule has 0 amide bonds. The van der Waals surface area contributed by atoms with Gasteiger partial charge in [-0.15, -0.1) is 11.3 Å². The van der Waals surface area contributed by atoms with Crippen LogP contribution < -0.4 is 9.46 Å². The fourth-order valence-corrected chi connectivity index (χ4v) is 5.54. The Hall–Kier alpha value is -1.67. The van der Waals surface area contributed by atoms with Crippen molar-refractivity contribution < 1.29 is 13.2 Å². The molecule has 25 heavy (non-hydrogen) atoms. The van der Waals surface area contributed by atoms with Gasteiger partial charge in [0.25, 0.3) is 0 Å². The van der Waals surface area contributed by atoms with E-state index >= 15 is 0 Å². The van der Waals surface area contributed by atoms with Crippen molar-refractivity contribution in [2.45, 2.75) is 24.8 Å². The standard InChI is InChI=1S/C18H19NO3S3/c1-12-9-15(22-3)17(10-13(12)2)25(20,21)19-18(14-6-8-23-11-14)16-5-4-7-24-16/h4-11,18-19H,1-3H3. The van der Waals surface area contributed by atoms with Crippen molar-refractivity contribution >= 4 is 32.7 Å². The van der Waals surface area contributed by atoms with Crippen molar-refractivity contribution in [2.24, 2.45) is 0 Å². The van der Waals surface area contributed by atoms with E-state index in [-0.39, 0.29) is 4.90 Å². The van der Waals surface area contributed by atoms with Crippen LogP contribution in [0.3, 0.4) is 0 Å². The van der Waals surface area contributed by atoms with Crippen LogP contribution in [0, 0.1) is 13.8 Å². The summed E-state index contributed by atoms with van der Waals surface area (Å²) in [6.45, 7) is 3.82. The molecule has 132 valence electrons. The number of benzene rings is 1. The highest BCUT2D eigenvalue weighted by molar-refractivity contribution is 7.89. The molecule has 0 aliphatic heterocycles. The maximum absolute atomic E-state index is 13.1. The molecule has 2 heterocycles. The molecule has 0 saturated heterocycles. The van der Waals surface area contributed by atoms with Gasteiger partial charge in [0.1, 0.15) is 10.6 Å². The zero-order valence-electron chi connectivity index (χ0n) is 14.1. The van der Waals surface area contributed by atoms with Gasteiger partial charge in [0.05, 0.1) is 13.2 Å². The zero-order valence-corrected chi connectivity index (χ0v) is 16.6. The number of thiophene rings is 2. The number of ether oxygens (including phenoxy) is 1. The first-order chi connectivity index (χ1) is 11.9. The molecule has 0 fully saturated rings. The van der Waals surface area contributed by atoms with Gasteiger partial charge in [-0.25, -0.2) is 8.42 Å². The largest absolute Gasteiger partial charge is 0.495 e. The Morgan fingerprint density at radius 3 is 2.48 bits per heavy atom. The first-order valence-corrected chi connectivity index (χ1v) is 11.0. The van der Waals surface area contributed by atoms with Crippen LogP contribution in [0.2, 0.25) is 0 Å². The van der Waals surface area contributed by atoms with Crippen molar-refractivity contribution in [2.75, 3.05) is 7.11 Å². The van der Waals surface area contributed by atoms with Crippen LogP contribution in [-0.4, -0.2) is 15.5 Å². The summed E-state index contributed by atoms with van der Waals surface area (Å²) in [5.41, 5.74) is 2.83. The minimum absolute atomic E-state index is 0.162. The Morgan fingerprint density at radius 2 is 1.88 bits per heavy atom. The second-order valence-electron chi connectivity index (χ2n) is 5.71. The fourth-order valence-electron chi connectivity index (χ4n) is 2.54. The van der Waals surface area contributed by atoms with Gasteiger partial charge < -0.3 is 4.74 Å². The van der Waals surface area contributed by atoms with Crippen LogP contribution in [0.15, 0.2) is 51.4 Å². The lowest BCUT2D eigenvalue weighted by molar-refractivity contribution is 0.401. The lowest BCUT2D eigenvalue weighted by Crippen LogP contribution is -2.29. The number of sulfonamides is 1. The second-order valence-corrected chi connectivity index (χ2v) is 9.16. The average molecular weight is 394 g/mol.